The molecule has 4 rings (SSSR count). The van der Waals surface area contributed by atoms with Crippen LogP contribution in [-0.4, -0.2) is 23.6 Å². The Balaban J connectivity index is 1.80. The lowest BCUT2D eigenvalue weighted by molar-refractivity contribution is -0.123. The number of hydrogen-bond donors (Lipinski definition) is 1. The molecule has 2 amide bonds. The number of anilines is 1. The van der Waals surface area contributed by atoms with E-state index in [9.17, 15) is 14.4 Å². The van der Waals surface area contributed by atoms with Gasteiger partial charge >= 0.3 is 0 Å². The van der Waals surface area contributed by atoms with E-state index in [4.69, 9.17) is 16.0 Å². The molecule has 0 saturated heterocycles. The van der Waals surface area contributed by atoms with Gasteiger partial charge in [-0.05, 0) is 73.9 Å². The topological polar surface area (TPSA) is 79.6 Å². The predicted molar refractivity (Wildman–Crippen MR) is 127 cm³/mol. The van der Waals surface area contributed by atoms with Crippen LogP contribution in [0.3, 0.4) is 0 Å². The molecule has 0 radical (unpaired) electrons. The molecule has 1 atom stereocenters. The summed E-state index contributed by atoms with van der Waals surface area (Å²) in [5.74, 6) is -0.714. The second kappa shape index (κ2) is 10.0. The Kier molecular flexibility index (Phi) is 6.94. The maximum Gasteiger partial charge on any atom is 0.294 e. The van der Waals surface area contributed by atoms with E-state index in [1.165, 1.54) is 18.1 Å². The van der Waals surface area contributed by atoms with Gasteiger partial charge in [0.15, 0.2) is 11.5 Å². The summed E-state index contributed by atoms with van der Waals surface area (Å²) in [6.07, 6.45) is 5.38. The number of ketones is 1. The van der Waals surface area contributed by atoms with Crippen LogP contribution in [0.5, 0.6) is 0 Å². The minimum Gasteiger partial charge on any atom is -0.459 e. The average molecular weight is 465 g/mol. The van der Waals surface area contributed by atoms with E-state index in [1.807, 2.05) is 0 Å². The van der Waals surface area contributed by atoms with Crippen LogP contribution in [0.2, 0.25) is 5.02 Å². The Bertz CT molecular complexity index is 1120. The highest BCUT2D eigenvalue weighted by molar-refractivity contribution is 6.30. The van der Waals surface area contributed by atoms with Gasteiger partial charge in [0.1, 0.15) is 6.04 Å². The fraction of sp³-hybridized carbons (Fsp3) is 0.269. The van der Waals surface area contributed by atoms with Crippen molar-refractivity contribution in [3.8, 4) is 0 Å². The maximum absolute atomic E-state index is 13.6. The van der Waals surface area contributed by atoms with E-state index < -0.39 is 11.9 Å². The molecule has 6 nitrogen and oxygen atoms in total. The molecule has 170 valence electrons. The maximum atomic E-state index is 13.6. The first-order valence-electron chi connectivity index (χ1n) is 11.0. The lowest BCUT2D eigenvalue weighted by atomic mass is 10.0. The molecule has 3 aromatic rings. The lowest BCUT2D eigenvalue weighted by Gasteiger charge is -2.32. The second-order valence-corrected chi connectivity index (χ2v) is 8.64. The molecule has 7 heteroatoms. The Morgan fingerprint density at radius 2 is 1.67 bits per heavy atom. The van der Waals surface area contributed by atoms with Gasteiger partial charge in [-0.2, -0.15) is 0 Å². The summed E-state index contributed by atoms with van der Waals surface area (Å²) in [6.45, 7) is 1.48. The van der Waals surface area contributed by atoms with Gasteiger partial charge in [0.2, 0.25) is 5.91 Å². The quantitative estimate of drug-likeness (QED) is 0.463. The molecule has 33 heavy (non-hydrogen) atoms. The molecule has 0 aliphatic heterocycles. The molecule has 0 spiro atoms. The minimum atomic E-state index is -0.955. The van der Waals surface area contributed by atoms with Crippen molar-refractivity contribution in [2.75, 3.05) is 4.90 Å². The number of rotatable bonds is 7. The number of carbonyl (C=O) groups is 3. The number of carbonyl (C=O) groups excluding carboxylic acids is 3. The first kappa shape index (κ1) is 22.8. The smallest absolute Gasteiger partial charge is 0.294 e. The van der Waals surface area contributed by atoms with Crippen LogP contribution in [0.25, 0.3) is 0 Å². The summed E-state index contributed by atoms with van der Waals surface area (Å²) in [6, 6.07) is 15.8. The minimum absolute atomic E-state index is 0.0768. The zero-order chi connectivity index (χ0) is 23.4. The van der Waals surface area contributed by atoms with E-state index in [0.29, 0.717) is 21.8 Å². The largest absolute Gasteiger partial charge is 0.459 e. The Morgan fingerprint density at radius 3 is 2.24 bits per heavy atom. The van der Waals surface area contributed by atoms with Crippen molar-refractivity contribution in [1.82, 2.24) is 5.32 Å². The van der Waals surface area contributed by atoms with Crippen LogP contribution in [0.1, 0.15) is 65.1 Å². The molecule has 1 aliphatic rings. The Hall–Kier alpha value is -3.38. The molecule has 1 aromatic heterocycles. The van der Waals surface area contributed by atoms with Crippen LogP contribution < -0.4 is 10.2 Å². The second-order valence-electron chi connectivity index (χ2n) is 8.20. The SMILES string of the molecule is CC(=O)c1ccc(N(C(=O)c2ccco2)[C@H](C(=O)NC2CCCC2)c2ccc(Cl)cc2)cc1. The third-order valence-electron chi connectivity index (χ3n) is 5.90. The molecular formula is C26H25ClN2O4. The summed E-state index contributed by atoms with van der Waals surface area (Å²) in [4.78, 5) is 40.4. The van der Waals surface area contributed by atoms with Crippen LogP contribution in [0.4, 0.5) is 5.69 Å². The number of halogens is 1. The zero-order valence-electron chi connectivity index (χ0n) is 18.3. The third-order valence-corrected chi connectivity index (χ3v) is 6.15. The van der Waals surface area contributed by atoms with Gasteiger partial charge in [0, 0.05) is 22.3 Å². The van der Waals surface area contributed by atoms with E-state index in [2.05, 4.69) is 5.32 Å². The molecular weight excluding hydrogens is 440 g/mol. The van der Waals surface area contributed by atoms with E-state index >= 15 is 0 Å². The molecule has 1 saturated carbocycles. The Labute approximate surface area is 197 Å². The molecule has 1 fully saturated rings. The molecule has 0 bridgehead atoms. The highest BCUT2D eigenvalue weighted by Crippen LogP contribution is 2.32. The number of benzene rings is 2. The molecule has 1 heterocycles. The predicted octanol–water partition coefficient (Wildman–Crippen LogP) is 5.58. The van der Waals surface area contributed by atoms with Crippen LogP contribution in [0.15, 0.2) is 71.3 Å². The number of hydrogen-bond acceptors (Lipinski definition) is 4. The first-order valence-corrected chi connectivity index (χ1v) is 11.4. The van der Waals surface area contributed by atoms with Crippen molar-refractivity contribution in [2.45, 2.75) is 44.7 Å². The third kappa shape index (κ3) is 5.17. The fourth-order valence-corrected chi connectivity index (χ4v) is 4.30. The van der Waals surface area contributed by atoms with Gasteiger partial charge in [-0.25, -0.2) is 0 Å². The van der Waals surface area contributed by atoms with Crippen molar-refractivity contribution in [3.63, 3.8) is 0 Å². The van der Waals surface area contributed by atoms with Gasteiger partial charge in [-0.15, -0.1) is 0 Å². The van der Waals surface area contributed by atoms with Crippen molar-refractivity contribution >= 4 is 34.9 Å². The van der Waals surface area contributed by atoms with Gasteiger partial charge < -0.3 is 9.73 Å². The number of nitrogens with zero attached hydrogens (tertiary/aromatic N) is 1. The van der Waals surface area contributed by atoms with Crippen molar-refractivity contribution < 1.29 is 18.8 Å². The molecule has 2 aromatic carbocycles. The molecule has 1 N–H and O–H groups in total. The van der Waals surface area contributed by atoms with Crippen LogP contribution >= 0.6 is 11.6 Å². The van der Waals surface area contributed by atoms with Gasteiger partial charge in [-0.1, -0.05) is 36.6 Å². The van der Waals surface area contributed by atoms with Gasteiger partial charge in [0.05, 0.1) is 6.26 Å². The van der Waals surface area contributed by atoms with Gasteiger partial charge in [0.25, 0.3) is 5.91 Å². The highest BCUT2D eigenvalue weighted by atomic mass is 35.5. The van der Waals surface area contributed by atoms with Crippen LogP contribution in [0, 0.1) is 0 Å². The Morgan fingerprint density at radius 1 is 1.00 bits per heavy atom. The zero-order valence-corrected chi connectivity index (χ0v) is 19.0. The monoisotopic (exact) mass is 464 g/mol. The van der Waals surface area contributed by atoms with Crippen LogP contribution in [-0.2, 0) is 4.79 Å². The standard InChI is InChI=1S/C26H25ClN2O4/c1-17(30)18-10-14-22(15-11-18)29(26(32)23-7-4-16-33-23)24(19-8-12-20(27)13-9-19)25(31)28-21-5-2-3-6-21/h4,7-16,21,24H,2-3,5-6H2,1H3,(H,28,31)/t24-/m0/s1. The number of amides is 2. The summed E-state index contributed by atoms with van der Waals surface area (Å²) < 4.78 is 5.38. The van der Waals surface area contributed by atoms with E-state index in [0.717, 1.165) is 25.7 Å². The number of furan rings is 1. The summed E-state index contributed by atoms with van der Waals surface area (Å²) in [5.41, 5.74) is 1.61. The lowest BCUT2D eigenvalue weighted by Crippen LogP contribution is -2.46. The number of Topliss-reactive ketones (excluding diaryl/α,β-unsaturated/α-hetero) is 1. The van der Waals surface area contributed by atoms with Crippen molar-refractivity contribution in [3.05, 3.63) is 88.8 Å². The summed E-state index contributed by atoms with van der Waals surface area (Å²) in [5, 5.41) is 3.65. The number of nitrogens with one attached hydrogen (secondary N) is 1. The normalized spacial score (nSPS) is 14.6. The average Bonchev–Trinajstić information content (AvgIpc) is 3.52. The van der Waals surface area contributed by atoms with Crippen molar-refractivity contribution in [1.29, 1.82) is 0 Å². The molecule has 0 unspecified atom stereocenters. The van der Waals surface area contributed by atoms with Crippen molar-refractivity contribution in [2.24, 2.45) is 0 Å². The highest BCUT2D eigenvalue weighted by Gasteiger charge is 2.35. The fourth-order valence-electron chi connectivity index (χ4n) is 4.17. The van der Waals surface area contributed by atoms with E-state index in [-0.39, 0.29) is 23.5 Å². The molecule has 1 aliphatic carbocycles. The first-order chi connectivity index (χ1) is 15.9. The van der Waals surface area contributed by atoms with E-state index in [1.54, 1.807) is 60.7 Å². The van der Waals surface area contributed by atoms with Gasteiger partial charge in [-0.3, -0.25) is 19.3 Å². The summed E-state index contributed by atoms with van der Waals surface area (Å²) in [7, 11) is 0. The summed E-state index contributed by atoms with van der Waals surface area (Å²) >= 11 is 6.09.